The molecule has 1 saturated heterocycles. The second-order valence-corrected chi connectivity index (χ2v) is 7.09. The number of ketones is 1. The van der Waals surface area contributed by atoms with E-state index in [4.69, 9.17) is 9.47 Å². The van der Waals surface area contributed by atoms with Crippen molar-refractivity contribution in [3.63, 3.8) is 0 Å². The van der Waals surface area contributed by atoms with Gasteiger partial charge in [-0.25, -0.2) is 8.78 Å². The average Bonchev–Trinajstić information content (AvgIpc) is 3.38. The van der Waals surface area contributed by atoms with Crippen molar-refractivity contribution >= 4 is 23.1 Å². The van der Waals surface area contributed by atoms with Gasteiger partial charge in [0.2, 0.25) is 6.79 Å². The first kappa shape index (κ1) is 19.7. The van der Waals surface area contributed by atoms with Crippen LogP contribution in [0.1, 0.15) is 17.3 Å². The molecule has 1 aromatic heterocycles. The third-order valence-corrected chi connectivity index (χ3v) is 5.24. The van der Waals surface area contributed by atoms with E-state index in [2.05, 4.69) is 4.98 Å². The Morgan fingerprint density at radius 1 is 1.00 bits per heavy atom. The lowest BCUT2D eigenvalue weighted by Gasteiger charge is -2.24. The van der Waals surface area contributed by atoms with Crippen molar-refractivity contribution in [3.8, 4) is 11.5 Å². The minimum absolute atomic E-state index is 0.0218. The molecule has 0 spiro atoms. The van der Waals surface area contributed by atoms with E-state index in [1.807, 2.05) is 0 Å². The van der Waals surface area contributed by atoms with Crippen LogP contribution in [0.3, 0.4) is 0 Å². The van der Waals surface area contributed by atoms with E-state index in [1.54, 1.807) is 24.3 Å². The summed E-state index contributed by atoms with van der Waals surface area (Å²) in [5.41, 5.74) is 0.195. The summed E-state index contributed by atoms with van der Waals surface area (Å²) < 4.78 is 38.0. The quantitative estimate of drug-likeness (QED) is 0.383. The summed E-state index contributed by atoms with van der Waals surface area (Å²) in [5.74, 6) is -3.87. The molecule has 1 fully saturated rings. The minimum Gasteiger partial charge on any atom is -0.507 e. The number of pyridine rings is 1. The maximum atomic E-state index is 13.9. The van der Waals surface area contributed by atoms with Gasteiger partial charge in [-0.15, -0.1) is 0 Å². The maximum absolute atomic E-state index is 13.9. The van der Waals surface area contributed by atoms with Gasteiger partial charge in [-0.2, -0.15) is 0 Å². The Hall–Kier alpha value is -4.27. The molecule has 1 unspecified atom stereocenters. The number of halogens is 2. The zero-order valence-corrected chi connectivity index (χ0v) is 16.3. The van der Waals surface area contributed by atoms with Crippen LogP contribution in [0.5, 0.6) is 11.5 Å². The van der Waals surface area contributed by atoms with E-state index in [1.165, 1.54) is 24.4 Å². The van der Waals surface area contributed by atoms with Crippen LogP contribution in [0.2, 0.25) is 0 Å². The third-order valence-electron chi connectivity index (χ3n) is 5.24. The summed E-state index contributed by atoms with van der Waals surface area (Å²) >= 11 is 0. The molecular weight excluding hydrogens is 422 g/mol. The summed E-state index contributed by atoms with van der Waals surface area (Å²) in [4.78, 5) is 31.2. The smallest absolute Gasteiger partial charge is 0.300 e. The second-order valence-electron chi connectivity index (χ2n) is 7.09. The van der Waals surface area contributed by atoms with Crippen LogP contribution in [0.25, 0.3) is 5.76 Å². The lowest BCUT2D eigenvalue weighted by molar-refractivity contribution is -0.132. The van der Waals surface area contributed by atoms with E-state index in [0.717, 1.165) is 17.0 Å². The lowest BCUT2D eigenvalue weighted by atomic mass is 9.98. The molecule has 160 valence electrons. The number of aliphatic hydroxyl groups excluding tert-OH is 1. The van der Waals surface area contributed by atoms with Crippen molar-refractivity contribution in [2.75, 3.05) is 11.7 Å². The highest BCUT2D eigenvalue weighted by Gasteiger charge is 2.47. The normalized spacial score (nSPS) is 18.9. The first-order valence-electron chi connectivity index (χ1n) is 9.52. The number of fused-ring (bicyclic) bond motifs is 1. The Morgan fingerprint density at radius 2 is 1.81 bits per heavy atom. The molecule has 9 heteroatoms. The SMILES string of the molecule is O=C1C(=O)N(c2ccc(F)c(F)c2)C(c2ccccn2)/C1=C(/O)c1ccc2c(c1)OCO2. The number of amides is 1. The molecule has 2 aliphatic rings. The van der Waals surface area contributed by atoms with Crippen molar-refractivity contribution in [1.29, 1.82) is 0 Å². The number of carbonyl (C=O) groups excluding carboxylic acids is 2. The number of anilines is 1. The fourth-order valence-electron chi connectivity index (χ4n) is 3.75. The molecule has 0 saturated carbocycles. The molecule has 1 amide bonds. The molecule has 3 aromatic rings. The van der Waals surface area contributed by atoms with Crippen LogP contribution in [0.15, 0.2) is 66.4 Å². The first-order chi connectivity index (χ1) is 15.5. The fourth-order valence-corrected chi connectivity index (χ4v) is 3.75. The number of aliphatic hydroxyl groups is 1. The van der Waals surface area contributed by atoms with Crippen molar-refractivity contribution in [2.24, 2.45) is 0 Å². The van der Waals surface area contributed by atoms with Crippen LogP contribution < -0.4 is 14.4 Å². The summed E-state index contributed by atoms with van der Waals surface area (Å²) in [5, 5.41) is 11.1. The van der Waals surface area contributed by atoms with Gasteiger partial charge in [-0.05, 0) is 42.5 Å². The number of rotatable bonds is 3. The number of Topliss-reactive ketones (excluding diaryl/α,β-unsaturated/α-hetero) is 1. The molecule has 5 rings (SSSR count). The molecule has 1 N–H and O–H groups in total. The second kappa shape index (κ2) is 7.45. The van der Waals surface area contributed by atoms with E-state index in [-0.39, 0.29) is 29.3 Å². The number of benzene rings is 2. The number of hydrogen-bond acceptors (Lipinski definition) is 6. The van der Waals surface area contributed by atoms with E-state index < -0.39 is 35.1 Å². The van der Waals surface area contributed by atoms with Gasteiger partial charge < -0.3 is 14.6 Å². The summed E-state index contributed by atoms with van der Waals surface area (Å²) in [6.45, 7) is 0.0218. The zero-order valence-electron chi connectivity index (χ0n) is 16.3. The Kier molecular flexibility index (Phi) is 4.58. The van der Waals surface area contributed by atoms with Gasteiger partial charge in [0.25, 0.3) is 11.7 Å². The minimum atomic E-state index is -1.18. The fraction of sp³-hybridized carbons (Fsp3) is 0.0870. The highest BCUT2D eigenvalue weighted by Crippen LogP contribution is 2.43. The van der Waals surface area contributed by atoms with Crippen molar-refractivity contribution < 1.29 is 33.0 Å². The van der Waals surface area contributed by atoms with Gasteiger partial charge in [0, 0.05) is 23.5 Å². The van der Waals surface area contributed by atoms with Crippen molar-refractivity contribution in [1.82, 2.24) is 4.98 Å². The Balaban J connectivity index is 1.70. The molecule has 0 aliphatic carbocycles. The molecule has 2 aliphatic heterocycles. The van der Waals surface area contributed by atoms with Crippen LogP contribution >= 0.6 is 0 Å². The molecule has 1 atom stereocenters. The molecular formula is C23H14F2N2O5. The van der Waals surface area contributed by atoms with Gasteiger partial charge in [-0.1, -0.05) is 6.07 Å². The van der Waals surface area contributed by atoms with Crippen molar-refractivity contribution in [3.05, 3.63) is 89.3 Å². The number of hydrogen-bond donors (Lipinski definition) is 1. The molecule has 0 bridgehead atoms. The summed E-state index contributed by atoms with van der Waals surface area (Å²) in [7, 11) is 0. The number of ether oxygens (including phenoxy) is 2. The summed E-state index contributed by atoms with van der Waals surface area (Å²) in [6.07, 6.45) is 1.46. The summed E-state index contributed by atoms with van der Waals surface area (Å²) in [6, 6.07) is 11.1. The van der Waals surface area contributed by atoms with Gasteiger partial charge in [0.15, 0.2) is 23.1 Å². The largest absolute Gasteiger partial charge is 0.507 e. The average molecular weight is 436 g/mol. The van der Waals surface area contributed by atoms with Crippen molar-refractivity contribution in [2.45, 2.75) is 6.04 Å². The van der Waals surface area contributed by atoms with Gasteiger partial charge in [-0.3, -0.25) is 19.5 Å². The van der Waals surface area contributed by atoms with Crippen LogP contribution in [-0.4, -0.2) is 28.6 Å². The number of nitrogens with zero attached hydrogens (tertiary/aromatic N) is 2. The Labute approximate surface area is 180 Å². The van der Waals surface area contributed by atoms with E-state index in [9.17, 15) is 23.5 Å². The molecule has 3 heterocycles. The standard InChI is InChI=1S/C23H14F2N2O5/c24-14-6-5-13(10-15(14)25)27-20(16-3-1-2-8-26-16)19(22(29)23(27)30)21(28)12-4-7-17-18(9-12)32-11-31-17/h1-10,20,28H,11H2/b21-19-. The predicted octanol–water partition coefficient (Wildman–Crippen LogP) is 3.71. The van der Waals surface area contributed by atoms with Gasteiger partial charge in [0.05, 0.1) is 11.3 Å². The maximum Gasteiger partial charge on any atom is 0.300 e. The Morgan fingerprint density at radius 3 is 2.56 bits per heavy atom. The molecule has 32 heavy (non-hydrogen) atoms. The third kappa shape index (κ3) is 3.06. The highest BCUT2D eigenvalue weighted by molar-refractivity contribution is 6.51. The lowest BCUT2D eigenvalue weighted by Crippen LogP contribution is -2.30. The number of aromatic nitrogens is 1. The topological polar surface area (TPSA) is 89.0 Å². The number of carbonyl (C=O) groups is 2. The Bertz CT molecular complexity index is 1290. The van der Waals surface area contributed by atoms with Gasteiger partial charge in [0.1, 0.15) is 11.8 Å². The molecule has 2 aromatic carbocycles. The first-order valence-corrected chi connectivity index (χ1v) is 9.52. The molecule has 7 nitrogen and oxygen atoms in total. The highest BCUT2D eigenvalue weighted by atomic mass is 19.2. The van der Waals surface area contributed by atoms with E-state index >= 15 is 0 Å². The zero-order chi connectivity index (χ0) is 22.4. The van der Waals surface area contributed by atoms with Crippen LogP contribution in [0.4, 0.5) is 14.5 Å². The van der Waals surface area contributed by atoms with Crippen LogP contribution in [-0.2, 0) is 9.59 Å². The molecule has 0 radical (unpaired) electrons. The van der Waals surface area contributed by atoms with E-state index in [0.29, 0.717) is 11.5 Å². The predicted molar refractivity (Wildman–Crippen MR) is 108 cm³/mol. The monoisotopic (exact) mass is 436 g/mol. The van der Waals surface area contributed by atoms with Crippen LogP contribution in [0, 0.1) is 11.6 Å². The van der Waals surface area contributed by atoms with Gasteiger partial charge >= 0.3 is 0 Å².